The van der Waals surface area contributed by atoms with Crippen LogP contribution in [-0.2, 0) is 14.3 Å². The number of hydrogen-bond donors (Lipinski definition) is 0. The molecule has 1 atom stereocenters. The van der Waals surface area contributed by atoms with Crippen LogP contribution in [0.25, 0.3) is 10.9 Å². The van der Waals surface area contributed by atoms with Crippen molar-refractivity contribution >= 4 is 22.8 Å². The zero-order chi connectivity index (χ0) is 24.9. The molecule has 4 rings (SSSR count). The minimum atomic E-state index is -0.630. The third-order valence-corrected chi connectivity index (χ3v) is 5.70. The lowest BCUT2D eigenvalue weighted by Crippen LogP contribution is -2.51. The number of ether oxygens (including phenoxy) is 1. The van der Waals surface area contributed by atoms with Gasteiger partial charge in [-0.15, -0.1) is 0 Å². The highest BCUT2D eigenvalue weighted by Gasteiger charge is 2.28. The molecule has 0 N–H and O–H groups in total. The lowest BCUT2D eigenvalue weighted by molar-refractivity contribution is -0.145. The van der Waals surface area contributed by atoms with Gasteiger partial charge in [-0.1, -0.05) is 72.8 Å². The molecule has 178 valence electrons. The number of carbonyl (C=O) groups excluding carboxylic acids is 2. The lowest BCUT2D eigenvalue weighted by atomic mass is 9.90. The first-order valence-electron chi connectivity index (χ1n) is 11.4. The van der Waals surface area contributed by atoms with Crippen LogP contribution < -0.4 is 10.6 Å². The van der Waals surface area contributed by atoms with Gasteiger partial charge in [-0.25, -0.2) is 9.99 Å². The van der Waals surface area contributed by atoms with Gasteiger partial charge in [-0.3, -0.25) is 14.4 Å². The van der Waals surface area contributed by atoms with E-state index in [9.17, 15) is 14.4 Å². The zero-order valence-corrected chi connectivity index (χ0v) is 19.9. The molecule has 0 saturated heterocycles. The molecule has 35 heavy (non-hydrogen) atoms. The highest BCUT2D eigenvalue weighted by Crippen LogP contribution is 2.31. The summed E-state index contributed by atoms with van der Waals surface area (Å²) in [6, 6.07) is 26.6. The van der Waals surface area contributed by atoms with Crippen molar-refractivity contribution in [3.05, 3.63) is 112 Å². The van der Waals surface area contributed by atoms with Gasteiger partial charge in [0.2, 0.25) is 5.91 Å². The van der Waals surface area contributed by atoms with Gasteiger partial charge in [0, 0.05) is 13.8 Å². The Kier molecular flexibility index (Phi) is 7.06. The maximum atomic E-state index is 13.9. The van der Waals surface area contributed by atoms with E-state index in [1.807, 2.05) is 66.7 Å². The standard InChI is InChI=1S/C28H27N3O4/c1-19(35-21(3)33)18-30(20(2)32)31-27(29-25-17-11-10-16-24(25)28(31)34)26(22-12-6-4-7-13-22)23-14-8-5-9-15-23/h4-17,19,26H,18H2,1-3H3/t19-/m0/s1. The number of fused-ring (bicyclic) bond motifs is 1. The van der Waals surface area contributed by atoms with Crippen molar-refractivity contribution in [2.45, 2.75) is 32.8 Å². The van der Waals surface area contributed by atoms with E-state index in [2.05, 4.69) is 0 Å². The molecular weight excluding hydrogens is 442 g/mol. The first kappa shape index (κ1) is 23.9. The molecule has 0 aliphatic heterocycles. The van der Waals surface area contributed by atoms with E-state index in [1.165, 1.54) is 23.5 Å². The van der Waals surface area contributed by atoms with Gasteiger partial charge in [-0.05, 0) is 30.2 Å². The molecule has 0 aliphatic carbocycles. The summed E-state index contributed by atoms with van der Waals surface area (Å²) in [6.07, 6.45) is -0.630. The Morgan fingerprint density at radius 2 is 1.43 bits per heavy atom. The number of hydrogen-bond acceptors (Lipinski definition) is 5. The van der Waals surface area contributed by atoms with E-state index < -0.39 is 18.0 Å². The second-order valence-corrected chi connectivity index (χ2v) is 8.38. The molecule has 3 aromatic carbocycles. The molecule has 7 nitrogen and oxygen atoms in total. The number of rotatable bonds is 7. The van der Waals surface area contributed by atoms with Gasteiger partial charge >= 0.3 is 5.97 Å². The summed E-state index contributed by atoms with van der Waals surface area (Å²) in [5.74, 6) is -0.863. The highest BCUT2D eigenvalue weighted by molar-refractivity contribution is 5.85. The van der Waals surface area contributed by atoms with E-state index in [4.69, 9.17) is 9.72 Å². The summed E-state index contributed by atoms with van der Waals surface area (Å²) in [4.78, 5) is 43.2. The SMILES string of the molecule is CC(=O)O[C@@H](C)CN(C(C)=O)n1c(C(c2ccccc2)c2ccccc2)nc2ccccc2c1=O. The van der Waals surface area contributed by atoms with Crippen LogP contribution in [0.1, 0.15) is 43.6 Å². The molecule has 0 spiro atoms. The molecule has 0 bridgehead atoms. The number of esters is 1. The van der Waals surface area contributed by atoms with Crippen molar-refractivity contribution in [3.8, 4) is 0 Å². The van der Waals surface area contributed by atoms with E-state index in [0.29, 0.717) is 16.7 Å². The fourth-order valence-corrected chi connectivity index (χ4v) is 4.26. The van der Waals surface area contributed by atoms with Crippen LogP contribution in [0.5, 0.6) is 0 Å². The van der Waals surface area contributed by atoms with Gasteiger partial charge in [0.25, 0.3) is 5.56 Å². The van der Waals surface area contributed by atoms with E-state index in [1.54, 1.807) is 25.1 Å². The number of amides is 1. The number of aromatic nitrogens is 2. The number of benzene rings is 3. The third-order valence-electron chi connectivity index (χ3n) is 5.70. The molecule has 1 aromatic heterocycles. The van der Waals surface area contributed by atoms with Crippen molar-refractivity contribution in [1.29, 1.82) is 0 Å². The van der Waals surface area contributed by atoms with Crippen LogP contribution in [0.15, 0.2) is 89.7 Å². The summed E-state index contributed by atoms with van der Waals surface area (Å²) in [5, 5.41) is 1.70. The van der Waals surface area contributed by atoms with Gasteiger partial charge < -0.3 is 4.74 Å². The topological polar surface area (TPSA) is 81.5 Å². The maximum absolute atomic E-state index is 13.9. The quantitative estimate of drug-likeness (QED) is 0.382. The number of carbonyl (C=O) groups is 2. The summed E-state index contributed by atoms with van der Waals surface area (Å²) < 4.78 is 6.62. The molecule has 0 aliphatic rings. The molecule has 1 amide bonds. The van der Waals surface area contributed by atoms with Gasteiger partial charge in [-0.2, -0.15) is 4.68 Å². The molecule has 0 fully saturated rings. The normalized spacial score (nSPS) is 11.9. The van der Waals surface area contributed by atoms with E-state index in [-0.39, 0.29) is 18.0 Å². The molecular formula is C28H27N3O4. The van der Waals surface area contributed by atoms with Crippen molar-refractivity contribution in [2.75, 3.05) is 11.6 Å². The van der Waals surface area contributed by atoms with Crippen LogP contribution in [0.4, 0.5) is 0 Å². The smallest absolute Gasteiger partial charge is 0.302 e. The summed E-state index contributed by atoms with van der Waals surface area (Å²) in [5.41, 5.74) is 2.02. The van der Waals surface area contributed by atoms with Crippen LogP contribution >= 0.6 is 0 Å². The van der Waals surface area contributed by atoms with Gasteiger partial charge in [0.15, 0.2) is 0 Å². The average Bonchev–Trinajstić information content (AvgIpc) is 2.84. The largest absolute Gasteiger partial charge is 0.461 e. The summed E-state index contributed by atoms with van der Waals surface area (Å²) >= 11 is 0. The molecule has 0 radical (unpaired) electrons. The van der Waals surface area contributed by atoms with Gasteiger partial charge in [0.05, 0.1) is 23.4 Å². The van der Waals surface area contributed by atoms with E-state index >= 15 is 0 Å². The van der Waals surface area contributed by atoms with Crippen molar-refractivity contribution in [2.24, 2.45) is 0 Å². The maximum Gasteiger partial charge on any atom is 0.302 e. The Morgan fingerprint density at radius 1 is 0.886 bits per heavy atom. The van der Waals surface area contributed by atoms with Crippen LogP contribution in [0.2, 0.25) is 0 Å². The van der Waals surface area contributed by atoms with Crippen molar-refractivity contribution in [1.82, 2.24) is 9.66 Å². The molecule has 4 aromatic rings. The second-order valence-electron chi connectivity index (χ2n) is 8.38. The van der Waals surface area contributed by atoms with Crippen LogP contribution in [0.3, 0.4) is 0 Å². The molecule has 0 unspecified atom stereocenters. The minimum Gasteiger partial charge on any atom is -0.461 e. The summed E-state index contributed by atoms with van der Waals surface area (Å²) in [6.45, 7) is 4.37. The van der Waals surface area contributed by atoms with E-state index in [0.717, 1.165) is 11.1 Å². The Hall–Kier alpha value is -4.26. The second kappa shape index (κ2) is 10.3. The number of para-hydroxylation sites is 1. The molecule has 0 saturated carbocycles. The fourth-order valence-electron chi connectivity index (χ4n) is 4.26. The minimum absolute atomic E-state index is 0.00185. The highest BCUT2D eigenvalue weighted by atomic mass is 16.5. The fraction of sp³-hybridized carbons (Fsp3) is 0.214. The first-order chi connectivity index (χ1) is 16.9. The number of nitrogens with zero attached hydrogens (tertiary/aromatic N) is 3. The van der Waals surface area contributed by atoms with Crippen molar-refractivity contribution < 1.29 is 14.3 Å². The average molecular weight is 470 g/mol. The zero-order valence-electron chi connectivity index (χ0n) is 19.9. The predicted octanol–water partition coefficient (Wildman–Crippen LogP) is 4.01. The Balaban J connectivity index is 2.02. The Bertz CT molecular complexity index is 1360. The molecule has 7 heteroatoms. The van der Waals surface area contributed by atoms with Crippen LogP contribution in [-0.4, -0.2) is 34.2 Å². The van der Waals surface area contributed by atoms with Crippen molar-refractivity contribution in [3.63, 3.8) is 0 Å². The Labute approximate surface area is 203 Å². The van der Waals surface area contributed by atoms with Crippen LogP contribution in [0, 0.1) is 0 Å². The first-order valence-corrected chi connectivity index (χ1v) is 11.4. The lowest BCUT2D eigenvalue weighted by Gasteiger charge is -2.30. The Morgan fingerprint density at radius 3 is 1.97 bits per heavy atom. The predicted molar refractivity (Wildman–Crippen MR) is 135 cm³/mol. The summed E-state index contributed by atoms with van der Waals surface area (Å²) in [7, 11) is 0. The molecule has 1 heterocycles. The third kappa shape index (κ3) is 5.14. The van der Waals surface area contributed by atoms with Gasteiger partial charge in [0.1, 0.15) is 11.9 Å². The monoisotopic (exact) mass is 469 g/mol.